The van der Waals surface area contributed by atoms with Gasteiger partial charge in [-0.15, -0.1) is 0 Å². The van der Waals surface area contributed by atoms with Crippen LogP contribution in [-0.2, 0) is 4.74 Å². The van der Waals surface area contributed by atoms with Crippen molar-refractivity contribution in [2.75, 3.05) is 25.3 Å². The Morgan fingerprint density at radius 3 is 3.08 bits per heavy atom. The lowest BCUT2D eigenvalue weighted by Gasteiger charge is -2.12. The molecular formula is C6H12N4O2S. The summed E-state index contributed by atoms with van der Waals surface area (Å²) >= 11 is 4.67. The summed E-state index contributed by atoms with van der Waals surface area (Å²) in [6.45, 7) is 1.29. The predicted molar refractivity (Wildman–Crippen MR) is 49.7 cm³/mol. The first-order chi connectivity index (χ1) is 6.24. The number of anilines is 1. The number of aromatic amines is 1. The van der Waals surface area contributed by atoms with Crippen molar-refractivity contribution in [2.24, 2.45) is 5.84 Å². The third-order valence-corrected chi connectivity index (χ3v) is 1.62. The summed E-state index contributed by atoms with van der Waals surface area (Å²) in [5.74, 6) is 6.06. The van der Waals surface area contributed by atoms with Gasteiger partial charge in [0.25, 0.3) is 5.95 Å². The summed E-state index contributed by atoms with van der Waals surface area (Å²) in [5.41, 5.74) is 0. The number of hydrazine groups is 1. The Labute approximate surface area is 80.6 Å². The number of nitrogens with two attached hydrogens (primary N) is 1. The molecule has 1 aromatic rings. The highest BCUT2D eigenvalue weighted by Gasteiger charge is 2.04. The first-order valence-corrected chi connectivity index (χ1v) is 4.21. The van der Waals surface area contributed by atoms with Crippen LogP contribution in [0.1, 0.15) is 6.42 Å². The molecule has 7 heteroatoms. The van der Waals surface area contributed by atoms with Crippen molar-refractivity contribution in [3.63, 3.8) is 0 Å². The number of hydrogen-bond acceptors (Lipinski definition) is 6. The molecule has 0 saturated carbocycles. The molecule has 0 amide bonds. The third-order valence-electron chi connectivity index (χ3n) is 1.45. The number of ether oxygens (including phenoxy) is 1. The van der Waals surface area contributed by atoms with Crippen LogP contribution < -0.4 is 10.9 Å². The van der Waals surface area contributed by atoms with Gasteiger partial charge in [-0.05, 0) is 18.6 Å². The van der Waals surface area contributed by atoms with Gasteiger partial charge < -0.3 is 9.26 Å². The highest BCUT2D eigenvalue weighted by atomic mass is 32.1. The number of methoxy groups -OCH3 is 1. The lowest BCUT2D eigenvalue weighted by molar-refractivity contribution is 0.196. The second kappa shape index (κ2) is 4.95. The van der Waals surface area contributed by atoms with Gasteiger partial charge in [0, 0.05) is 20.3 Å². The molecule has 74 valence electrons. The van der Waals surface area contributed by atoms with Crippen molar-refractivity contribution in [2.45, 2.75) is 6.42 Å². The van der Waals surface area contributed by atoms with Crippen LogP contribution in [-0.4, -0.2) is 30.4 Å². The molecule has 0 bridgehead atoms. The molecule has 1 aromatic heterocycles. The zero-order valence-corrected chi connectivity index (χ0v) is 8.13. The molecule has 13 heavy (non-hydrogen) atoms. The van der Waals surface area contributed by atoms with Crippen molar-refractivity contribution in [1.29, 1.82) is 0 Å². The standard InChI is InChI=1S/C6H12N4O2S/c1-11-4-2-3-10(7)5-8-6(13)12-9-5/h2-4,7H2,1H3,(H,8,9,13). The largest absolute Gasteiger partial charge is 0.385 e. The molecule has 0 atom stereocenters. The highest BCUT2D eigenvalue weighted by Crippen LogP contribution is 2.02. The van der Waals surface area contributed by atoms with Gasteiger partial charge in [0.2, 0.25) is 0 Å². The number of nitrogens with zero attached hydrogens (tertiary/aromatic N) is 2. The molecular weight excluding hydrogens is 192 g/mol. The van der Waals surface area contributed by atoms with Gasteiger partial charge in [-0.1, -0.05) is 0 Å². The van der Waals surface area contributed by atoms with E-state index in [1.54, 1.807) is 7.11 Å². The van der Waals surface area contributed by atoms with Gasteiger partial charge in [-0.2, -0.15) is 10.1 Å². The number of nitrogens with one attached hydrogen (secondary N) is 1. The average molecular weight is 204 g/mol. The third kappa shape index (κ3) is 3.13. The van der Waals surface area contributed by atoms with Crippen LogP contribution in [0.5, 0.6) is 0 Å². The van der Waals surface area contributed by atoms with Crippen molar-refractivity contribution in [3.8, 4) is 0 Å². The number of aromatic nitrogens is 2. The van der Waals surface area contributed by atoms with Crippen LogP contribution in [0.25, 0.3) is 0 Å². The number of rotatable bonds is 5. The molecule has 0 aliphatic carbocycles. The minimum atomic E-state index is 0.150. The lowest BCUT2D eigenvalue weighted by atomic mass is 10.4. The summed E-state index contributed by atoms with van der Waals surface area (Å²) in [6.07, 6.45) is 0.820. The van der Waals surface area contributed by atoms with Gasteiger partial charge in [0.1, 0.15) is 0 Å². The fourth-order valence-corrected chi connectivity index (χ4v) is 0.958. The molecule has 1 rings (SSSR count). The Kier molecular flexibility index (Phi) is 3.87. The molecule has 1 heterocycles. The molecule has 0 aliphatic heterocycles. The van der Waals surface area contributed by atoms with Crippen LogP contribution in [0.3, 0.4) is 0 Å². The minimum absolute atomic E-state index is 0.150. The van der Waals surface area contributed by atoms with E-state index in [2.05, 4.69) is 22.4 Å². The second-order valence-electron chi connectivity index (χ2n) is 2.45. The van der Waals surface area contributed by atoms with Crippen molar-refractivity contribution < 1.29 is 9.26 Å². The Bertz CT molecular complexity index is 297. The summed E-state index contributed by atoms with van der Waals surface area (Å²) < 4.78 is 9.59. The van der Waals surface area contributed by atoms with E-state index in [0.29, 0.717) is 19.1 Å². The van der Waals surface area contributed by atoms with E-state index < -0.39 is 0 Å². The SMILES string of the molecule is COCCCN(N)c1nc(=S)o[nH]1. The van der Waals surface area contributed by atoms with Crippen LogP contribution in [0.4, 0.5) is 5.95 Å². The van der Waals surface area contributed by atoms with E-state index in [4.69, 9.17) is 15.1 Å². The normalized spacial score (nSPS) is 10.3. The van der Waals surface area contributed by atoms with Crippen LogP contribution in [0.2, 0.25) is 0 Å². The average Bonchev–Trinajstić information content (AvgIpc) is 2.52. The van der Waals surface area contributed by atoms with E-state index in [-0.39, 0.29) is 4.84 Å². The maximum absolute atomic E-state index is 5.63. The van der Waals surface area contributed by atoms with E-state index in [9.17, 15) is 0 Å². The van der Waals surface area contributed by atoms with Gasteiger partial charge in [0.05, 0.1) is 0 Å². The van der Waals surface area contributed by atoms with Crippen molar-refractivity contribution >= 4 is 18.2 Å². The predicted octanol–water partition coefficient (Wildman–Crippen LogP) is 0.449. The van der Waals surface area contributed by atoms with E-state index in [1.807, 2.05) is 0 Å². The second-order valence-corrected chi connectivity index (χ2v) is 2.79. The molecule has 0 fully saturated rings. The molecule has 0 aromatic carbocycles. The summed E-state index contributed by atoms with van der Waals surface area (Å²) in [4.78, 5) is 3.99. The van der Waals surface area contributed by atoms with E-state index in [1.165, 1.54) is 5.01 Å². The zero-order valence-electron chi connectivity index (χ0n) is 7.32. The number of hydrogen-bond donors (Lipinski definition) is 2. The van der Waals surface area contributed by atoms with Crippen LogP contribution >= 0.6 is 12.2 Å². The quantitative estimate of drug-likeness (QED) is 0.314. The van der Waals surface area contributed by atoms with Crippen molar-refractivity contribution in [3.05, 3.63) is 4.84 Å². The van der Waals surface area contributed by atoms with Gasteiger partial charge in [0.15, 0.2) is 0 Å². The molecule has 0 saturated heterocycles. The Balaban J connectivity index is 2.39. The molecule has 0 unspecified atom stereocenters. The van der Waals surface area contributed by atoms with E-state index >= 15 is 0 Å². The molecule has 6 nitrogen and oxygen atoms in total. The molecule has 3 N–H and O–H groups in total. The maximum Gasteiger partial charge on any atom is 0.315 e. The van der Waals surface area contributed by atoms with Crippen molar-refractivity contribution in [1.82, 2.24) is 10.1 Å². The highest BCUT2D eigenvalue weighted by molar-refractivity contribution is 7.71. The first-order valence-electron chi connectivity index (χ1n) is 3.80. The molecule has 0 spiro atoms. The minimum Gasteiger partial charge on any atom is -0.385 e. The van der Waals surface area contributed by atoms with Gasteiger partial charge >= 0.3 is 4.84 Å². The smallest absolute Gasteiger partial charge is 0.315 e. The van der Waals surface area contributed by atoms with Crippen LogP contribution in [0.15, 0.2) is 4.52 Å². The zero-order chi connectivity index (χ0) is 9.68. The van der Waals surface area contributed by atoms with Gasteiger partial charge in [-0.3, -0.25) is 5.01 Å². The van der Waals surface area contributed by atoms with E-state index in [0.717, 1.165) is 6.42 Å². The van der Waals surface area contributed by atoms with Gasteiger partial charge in [-0.25, -0.2) is 5.84 Å². The summed E-state index contributed by atoms with van der Waals surface area (Å²) in [7, 11) is 1.64. The molecule has 0 radical (unpaired) electrons. The Morgan fingerprint density at radius 2 is 2.54 bits per heavy atom. The number of H-pyrrole nitrogens is 1. The Hall–Kier alpha value is -0.920. The fraction of sp³-hybridized carbons (Fsp3) is 0.667. The maximum atomic E-state index is 5.63. The molecule has 0 aliphatic rings. The Morgan fingerprint density at radius 1 is 1.77 bits per heavy atom. The lowest BCUT2D eigenvalue weighted by Crippen LogP contribution is -2.33. The summed E-state index contributed by atoms with van der Waals surface area (Å²) in [6, 6.07) is 0. The summed E-state index contributed by atoms with van der Waals surface area (Å²) in [5, 5.41) is 3.93. The topological polar surface area (TPSA) is 80.3 Å². The van der Waals surface area contributed by atoms with Crippen LogP contribution in [0, 0.1) is 4.84 Å². The first kappa shape index (κ1) is 10.2. The monoisotopic (exact) mass is 204 g/mol. The fourth-order valence-electron chi connectivity index (χ4n) is 0.829.